The van der Waals surface area contributed by atoms with Crippen molar-refractivity contribution in [1.29, 1.82) is 5.41 Å². The monoisotopic (exact) mass is 193 g/mol. The number of hydrogen-bond acceptors (Lipinski definition) is 3. The molecule has 0 spiro atoms. The van der Waals surface area contributed by atoms with E-state index < -0.39 is 0 Å². The fourth-order valence-corrected chi connectivity index (χ4v) is 1.00. The predicted molar refractivity (Wildman–Crippen MR) is 57.6 cm³/mol. The predicted octanol–water partition coefficient (Wildman–Crippen LogP) is 1.38. The summed E-state index contributed by atoms with van der Waals surface area (Å²) >= 11 is 0. The average molecular weight is 193 g/mol. The van der Waals surface area contributed by atoms with Crippen LogP contribution < -0.4 is 11.1 Å². The highest BCUT2D eigenvalue weighted by atomic mass is 16.5. The van der Waals surface area contributed by atoms with E-state index in [-0.39, 0.29) is 5.84 Å². The molecule has 4 nitrogen and oxygen atoms in total. The molecule has 1 aromatic rings. The maximum atomic E-state index is 7.21. The highest BCUT2D eigenvalue weighted by molar-refractivity contribution is 5.95. The molecule has 4 N–H and O–H groups in total. The van der Waals surface area contributed by atoms with Crippen molar-refractivity contribution in [3.63, 3.8) is 0 Å². The van der Waals surface area contributed by atoms with E-state index in [1.54, 1.807) is 12.1 Å². The van der Waals surface area contributed by atoms with Gasteiger partial charge in [-0.1, -0.05) is 0 Å². The first-order chi connectivity index (χ1) is 6.74. The number of rotatable bonds is 5. The third-order valence-corrected chi connectivity index (χ3v) is 1.78. The van der Waals surface area contributed by atoms with Crippen LogP contribution >= 0.6 is 0 Å². The molecule has 0 atom stereocenters. The van der Waals surface area contributed by atoms with Crippen molar-refractivity contribution in [2.24, 2.45) is 5.73 Å². The lowest BCUT2D eigenvalue weighted by Gasteiger charge is -2.06. The zero-order valence-electron chi connectivity index (χ0n) is 8.21. The summed E-state index contributed by atoms with van der Waals surface area (Å²) in [6.07, 6.45) is 0. The molecule has 1 aromatic carbocycles. The van der Waals surface area contributed by atoms with Gasteiger partial charge in [0.05, 0.1) is 0 Å². The van der Waals surface area contributed by atoms with E-state index in [1.807, 2.05) is 19.1 Å². The highest BCUT2D eigenvalue weighted by Crippen LogP contribution is 2.08. The number of nitrogens with two attached hydrogens (primary N) is 1. The number of ether oxygens (including phenoxy) is 1. The summed E-state index contributed by atoms with van der Waals surface area (Å²) in [5.41, 5.74) is 7.01. The van der Waals surface area contributed by atoms with Gasteiger partial charge in [0.1, 0.15) is 12.6 Å². The molecule has 0 fully saturated rings. The lowest BCUT2D eigenvalue weighted by molar-refractivity contribution is 0.167. The molecule has 0 aliphatic carbocycles. The van der Waals surface area contributed by atoms with Crippen LogP contribution in [0.5, 0.6) is 0 Å². The topological polar surface area (TPSA) is 71.1 Å². The molecule has 4 heteroatoms. The molecule has 76 valence electrons. The molecule has 0 aliphatic heterocycles. The third kappa shape index (κ3) is 3.06. The molecule has 0 saturated carbocycles. The summed E-state index contributed by atoms with van der Waals surface area (Å²) in [6.45, 7) is 3.13. The second kappa shape index (κ2) is 5.24. The van der Waals surface area contributed by atoms with E-state index in [0.29, 0.717) is 13.3 Å². The van der Waals surface area contributed by atoms with Gasteiger partial charge in [-0.2, -0.15) is 0 Å². The molecular weight excluding hydrogens is 178 g/mol. The van der Waals surface area contributed by atoms with Gasteiger partial charge >= 0.3 is 0 Å². The largest absolute Gasteiger partial charge is 0.384 e. The van der Waals surface area contributed by atoms with Crippen molar-refractivity contribution in [2.45, 2.75) is 6.92 Å². The Labute approximate surface area is 83.6 Å². The SMILES string of the molecule is CCOCNc1ccc(C(=N)N)cc1. The van der Waals surface area contributed by atoms with E-state index in [2.05, 4.69) is 5.32 Å². The lowest BCUT2D eigenvalue weighted by atomic mass is 10.2. The minimum absolute atomic E-state index is 0.0846. The molecule has 0 heterocycles. The van der Waals surface area contributed by atoms with Gasteiger partial charge in [0.25, 0.3) is 0 Å². The number of benzene rings is 1. The third-order valence-electron chi connectivity index (χ3n) is 1.78. The fraction of sp³-hybridized carbons (Fsp3) is 0.300. The molecule has 0 bridgehead atoms. The summed E-state index contributed by atoms with van der Waals surface area (Å²) in [5, 5.41) is 10.3. The fourth-order valence-electron chi connectivity index (χ4n) is 1.00. The van der Waals surface area contributed by atoms with E-state index >= 15 is 0 Å². The number of amidine groups is 1. The van der Waals surface area contributed by atoms with Crippen molar-refractivity contribution in [3.05, 3.63) is 29.8 Å². The molecule has 0 amide bonds. The minimum atomic E-state index is 0.0846. The maximum Gasteiger partial charge on any atom is 0.122 e. The first kappa shape index (κ1) is 10.5. The molecule has 0 radical (unpaired) electrons. The van der Waals surface area contributed by atoms with Crippen LogP contribution in [0, 0.1) is 5.41 Å². The zero-order valence-corrected chi connectivity index (χ0v) is 8.21. The first-order valence-corrected chi connectivity index (χ1v) is 4.50. The van der Waals surface area contributed by atoms with Crippen LogP contribution in [0.15, 0.2) is 24.3 Å². The van der Waals surface area contributed by atoms with Crippen LogP contribution in [0.1, 0.15) is 12.5 Å². The highest BCUT2D eigenvalue weighted by Gasteiger charge is 1.95. The van der Waals surface area contributed by atoms with Crippen LogP contribution in [-0.4, -0.2) is 19.2 Å². The normalized spacial score (nSPS) is 9.79. The number of anilines is 1. The number of hydrogen-bond donors (Lipinski definition) is 3. The van der Waals surface area contributed by atoms with Crippen molar-refractivity contribution in [1.82, 2.24) is 0 Å². The zero-order chi connectivity index (χ0) is 10.4. The van der Waals surface area contributed by atoms with E-state index in [0.717, 1.165) is 11.3 Å². The van der Waals surface area contributed by atoms with Gasteiger partial charge in [0.15, 0.2) is 0 Å². The average Bonchev–Trinajstić information content (AvgIpc) is 2.19. The Hall–Kier alpha value is -1.55. The van der Waals surface area contributed by atoms with Gasteiger partial charge in [-0.15, -0.1) is 0 Å². The van der Waals surface area contributed by atoms with Crippen molar-refractivity contribution >= 4 is 11.5 Å². The second-order valence-electron chi connectivity index (χ2n) is 2.80. The van der Waals surface area contributed by atoms with E-state index in [1.165, 1.54) is 0 Å². The summed E-state index contributed by atoms with van der Waals surface area (Å²) in [6, 6.07) is 7.35. The van der Waals surface area contributed by atoms with Gasteiger partial charge in [-0.3, -0.25) is 5.41 Å². The molecule has 1 rings (SSSR count). The van der Waals surface area contributed by atoms with E-state index in [4.69, 9.17) is 15.9 Å². The Morgan fingerprint density at radius 1 is 1.43 bits per heavy atom. The van der Waals surface area contributed by atoms with Crippen LogP contribution in [0.3, 0.4) is 0 Å². The van der Waals surface area contributed by atoms with Crippen LogP contribution in [0.2, 0.25) is 0 Å². The smallest absolute Gasteiger partial charge is 0.122 e. The van der Waals surface area contributed by atoms with Gasteiger partial charge < -0.3 is 15.8 Å². The van der Waals surface area contributed by atoms with Gasteiger partial charge in [-0.05, 0) is 31.2 Å². The summed E-state index contributed by atoms with van der Waals surface area (Å²) in [4.78, 5) is 0. The quantitative estimate of drug-likeness (QED) is 0.286. The van der Waals surface area contributed by atoms with Crippen molar-refractivity contribution in [2.75, 3.05) is 18.7 Å². The Kier molecular flexibility index (Phi) is 3.94. The van der Waals surface area contributed by atoms with Crippen LogP contribution in [0.4, 0.5) is 5.69 Å². The molecule has 0 aromatic heterocycles. The first-order valence-electron chi connectivity index (χ1n) is 4.50. The molecular formula is C10H15N3O. The van der Waals surface area contributed by atoms with Crippen LogP contribution in [0.25, 0.3) is 0 Å². The van der Waals surface area contributed by atoms with Crippen LogP contribution in [-0.2, 0) is 4.74 Å². The number of nitrogen functional groups attached to an aromatic ring is 1. The Morgan fingerprint density at radius 3 is 2.57 bits per heavy atom. The van der Waals surface area contributed by atoms with Crippen molar-refractivity contribution in [3.8, 4) is 0 Å². The summed E-state index contributed by atoms with van der Waals surface area (Å²) in [7, 11) is 0. The van der Waals surface area contributed by atoms with Crippen molar-refractivity contribution < 1.29 is 4.74 Å². The Morgan fingerprint density at radius 2 is 2.07 bits per heavy atom. The lowest BCUT2D eigenvalue weighted by Crippen LogP contribution is -2.11. The Balaban J connectivity index is 2.51. The van der Waals surface area contributed by atoms with Gasteiger partial charge in [0.2, 0.25) is 0 Å². The van der Waals surface area contributed by atoms with Gasteiger partial charge in [-0.25, -0.2) is 0 Å². The Bertz CT molecular complexity index is 295. The molecule has 0 aliphatic rings. The standard InChI is InChI=1S/C10H15N3O/c1-2-14-7-13-9-5-3-8(4-6-9)10(11)12/h3-6,13H,2,7H2,1H3,(H3,11,12). The van der Waals surface area contributed by atoms with Gasteiger partial charge in [0, 0.05) is 17.9 Å². The number of nitrogens with one attached hydrogen (secondary N) is 2. The van der Waals surface area contributed by atoms with E-state index in [9.17, 15) is 0 Å². The minimum Gasteiger partial charge on any atom is -0.384 e. The molecule has 0 unspecified atom stereocenters. The summed E-state index contributed by atoms with van der Waals surface area (Å²) in [5.74, 6) is 0.0846. The second-order valence-corrected chi connectivity index (χ2v) is 2.80. The molecule has 14 heavy (non-hydrogen) atoms. The summed E-state index contributed by atoms with van der Waals surface area (Å²) < 4.78 is 5.14. The maximum absolute atomic E-state index is 7.21. The molecule has 0 saturated heterocycles.